The summed E-state index contributed by atoms with van der Waals surface area (Å²) in [4.78, 5) is 28.9. The minimum Gasteiger partial charge on any atom is -0.495 e. The topological polar surface area (TPSA) is 80.3 Å². The Bertz CT molecular complexity index is 1040. The molecule has 142 valence electrons. The number of ether oxygens (including phenoxy) is 1. The lowest BCUT2D eigenvalue weighted by molar-refractivity contribution is 0.102. The zero-order valence-corrected chi connectivity index (χ0v) is 15.5. The quantitative estimate of drug-likeness (QED) is 0.667. The van der Waals surface area contributed by atoms with Gasteiger partial charge in [-0.2, -0.15) is 0 Å². The van der Waals surface area contributed by atoms with E-state index in [4.69, 9.17) is 16.3 Å². The molecule has 0 bridgehead atoms. The van der Waals surface area contributed by atoms with Crippen LogP contribution in [0, 0.1) is 5.82 Å². The van der Waals surface area contributed by atoms with E-state index in [0.29, 0.717) is 22.1 Å². The van der Waals surface area contributed by atoms with E-state index in [9.17, 15) is 14.0 Å². The Hall–Kier alpha value is -3.45. The minimum absolute atomic E-state index is 0.0221. The zero-order valence-electron chi connectivity index (χ0n) is 14.7. The van der Waals surface area contributed by atoms with Gasteiger partial charge in [-0.3, -0.25) is 14.6 Å². The van der Waals surface area contributed by atoms with Crippen molar-refractivity contribution < 1.29 is 18.7 Å². The molecule has 0 aliphatic rings. The average molecular weight is 400 g/mol. The van der Waals surface area contributed by atoms with Crippen LogP contribution in [-0.2, 0) is 0 Å². The Labute approximate surface area is 165 Å². The fourth-order valence-corrected chi connectivity index (χ4v) is 2.60. The van der Waals surface area contributed by atoms with Gasteiger partial charge in [0.25, 0.3) is 11.8 Å². The molecule has 3 rings (SSSR count). The number of rotatable bonds is 5. The number of hydrogen-bond acceptors (Lipinski definition) is 4. The lowest BCUT2D eigenvalue weighted by atomic mass is 10.2. The number of carbonyl (C=O) groups excluding carboxylic acids is 2. The minimum atomic E-state index is -0.541. The van der Waals surface area contributed by atoms with Crippen LogP contribution in [0.4, 0.5) is 15.8 Å². The molecule has 0 fully saturated rings. The summed E-state index contributed by atoms with van der Waals surface area (Å²) >= 11 is 5.96. The Morgan fingerprint density at radius 1 is 1.04 bits per heavy atom. The van der Waals surface area contributed by atoms with Crippen LogP contribution in [0.1, 0.15) is 20.8 Å². The Morgan fingerprint density at radius 2 is 1.86 bits per heavy atom. The monoisotopic (exact) mass is 399 g/mol. The fraction of sp³-hybridized carbons (Fsp3) is 0.0500. The maximum absolute atomic E-state index is 13.3. The van der Waals surface area contributed by atoms with Gasteiger partial charge in [-0.05, 0) is 48.5 Å². The van der Waals surface area contributed by atoms with E-state index < -0.39 is 17.6 Å². The molecule has 0 aliphatic carbocycles. The molecule has 0 saturated carbocycles. The largest absolute Gasteiger partial charge is 0.495 e. The molecular weight excluding hydrogens is 385 g/mol. The number of methoxy groups -OCH3 is 1. The van der Waals surface area contributed by atoms with Crippen LogP contribution in [0.3, 0.4) is 0 Å². The van der Waals surface area contributed by atoms with E-state index in [-0.39, 0.29) is 11.3 Å². The first-order valence-electron chi connectivity index (χ1n) is 8.14. The molecule has 2 amide bonds. The first-order chi connectivity index (χ1) is 13.5. The van der Waals surface area contributed by atoms with Crippen LogP contribution >= 0.6 is 11.6 Å². The number of nitrogens with zero attached hydrogens (tertiary/aromatic N) is 1. The van der Waals surface area contributed by atoms with E-state index in [1.54, 1.807) is 24.3 Å². The maximum atomic E-state index is 13.3. The second-order valence-corrected chi connectivity index (χ2v) is 6.13. The Kier molecular flexibility index (Phi) is 5.86. The molecule has 0 radical (unpaired) electrons. The normalized spacial score (nSPS) is 10.2. The summed E-state index contributed by atoms with van der Waals surface area (Å²) in [5.74, 6) is -1.08. The molecule has 1 heterocycles. The highest BCUT2D eigenvalue weighted by Gasteiger charge is 2.14. The molecule has 0 unspecified atom stereocenters. The van der Waals surface area contributed by atoms with Crippen LogP contribution < -0.4 is 15.4 Å². The summed E-state index contributed by atoms with van der Waals surface area (Å²) < 4.78 is 18.4. The first kappa shape index (κ1) is 19.3. The molecule has 0 spiro atoms. The molecule has 0 aliphatic heterocycles. The van der Waals surface area contributed by atoms with Gasteiger partial charge in [0, 0.05) is 22.5 Å². The van der Waals surface area contributed by atoms with Gasteiger partial charge in [0.05, 0.1) is 12.8 Å². The van der Waals surface area contributed by atoms with Crippen molar-refractivity contribution in [3.05, 3.63) is 82.9 Å². The van der Waals surface area contributed by atoms with Gasteiger partial charge in [0.1, 0.15) is 17.3 Å². The lowest BCUT2D eigenvalue weighted by Crippen LogP contribution is -2.17. The predicted molar refractivity (Wildman–Crippen MR) is 105 cm³/mol. The molecule has 1 aromatic heterocycles. The number of halogens is 2. The van der Waals surface area contributed by atoms with E-state index in [2.05, 4.69) is 15.6 Å². The first-order valence-corrected chi connectivity index (χ1v) is 8.52. The summed E-state index contributed by atoms with van der Waals surface area (Å²) in [6, 6.07) is 13.1. The van der Waals surface area contributed by atoms with E-state index in [0.717, 1.165) is 0 Å². The second kappa shape index (κ2) is 8.49. The van der Waals surface area contributed by atoms with Crippen molar-refractivity contribution in [2.75, 3.05) is 17.7 Å². The molecule has 0 saturated heterocycles. The number of carbonyl (C=O) groups is 2. The van der Waals surface area contributed by atoms with Gasteiger partial charge in [-0.25, -0.2) is 4.39 Å². The van der Waals surface area contributed by atoms with Crippen LogP contribution in [0.15, 0.2) is 60.8 Å². The number of nitrogens with one attached hydrogen (secondary N) is 2. The van der Waals surface area contributed by atoms with E-state index in [1.807, 2.05) is 0 Å². The summed E-state index contributed by atoms with van der Waals surface area (Å²) in [6.45, 7) is 0. The molecule has 6 nitrogen and oxygen atoms in total. The van der Waals surface area contributed by atoms with Crippen molar-refractivity contribution in [2.24, 2.45) is 0 Å². The van der Waals surface area contributed by atoms with Crippen LogP contribution in [0.25, 0.3) is 0 Å². The molecule has 8 heteroatoms. The highest BCUT2D eigenvalue weighted by molar-refractivity contribution is 6.31. The van der Waals surface area contributed by atoms with Crippen LogP contribution in [0.2, 0.25) is 5.02 Å². The van der Waals surface area contributed by atoms with Crippen molar-refractivity contribution in [1.82, 2.24) is 4.98 Å². The van der Waals surface area contributed by atoms with Gasteiger partial charge in [0.2, 0.25) is 0 Å². The number of benzene rings is 2. The van der Waals surface area contributed by atoms with Crippen molar-refractivity contribution in [2.45, 2.75) is 0 Å². The summed E-state index contributed by atoms with van der Waals surface area (Å²) in [7, 11) is 1.47. The standard InChI is InChI=1S/C20H15ClFN3O3/c1-28-18-6-5-13(21)10-16(18)25-20(27)17-9-12(7-8-23-17)19(26)24-15-4-2-3-14(22)11-15/h2-11H,1H3,(H,24,26)(H,25,27). The third-order valence-electron chi connectivity index (χ3n) is 3.75. The zero-order chi connectivity index (χ0) is 20.1. The van der Waals surface area contributed by atoms with E-state index >= 15 is 0 Å². The molecule has 3 aromatic rings. The SMILES string of the molecule is COc1ccc(Cl)cc1NC(=O)c1cc(C(=O)Nc2cccc(F)c2)ccn1. The van der Waals surface area contributed by atoms with Crippen molar-refractivity contribution in [1.29, 1.82) is 0 Å². The van der Waals surface area contributed by atoms with Gasteiger partial charge in [-0.15, -0.1) is 0 Å². The van der Waals surface area contributed by atoms with Crippen molar-refractivity contribution in [3.8, 4) is 5.75 Å². The molecule has 28 heavy (non-hydrogen) atoms. The van der Waals surface area contributed by atoms with Gasteiger partial charge >= 0.3 is 0 Å². The van der Waals surface area contributed by atoms with Gasteiger partial charge < -0.3 is 15.4 Å². The predicted octanol–water partition coefficient (Wildman–Crippen LogP) is 4.39. The molecular formula is C20H15ClFN3O3. The van der Waals surface area contributed by atoms with Crippen LogP contribution in [0.5, 0.6) is 5.75 Å². The Morgan fingerprint density at radius 3 is 2.61 bits per heavy atom. The van der Waals surface area contributed by atoms with Crippen molar-refractivity contribution >= 4 is 34.8 Å². The summed E-state index contributed by atoms with van der Waals surface area (Å²) in [6.07, 6.45) is 1.34. The lowest BCUT2D eigenvalue weighted by Gasteiger charge is -2.11. The highest BCUT2D eigenvalue weighted by Crippen LogP contribution is 2.28. The number of hydrogen-bond donors (Lipinski definition) is 2. The van der Waals surface area contributed by atoms with Gasteiger partial charge in [0.15, 0.2) is 0 Å². The second-order valence-electron chi connectivity index (χ2n) is 5.69. The van der Waals surface area contributed by atoms with E-state index in [1.165, 1.54) is 43.6 Å². The number of aromatic nitrogens is 1. The smallest absolute Gasteiger partial charge is 0.274 e. The summed E-state index contributed by atoms with van der Waals surface area (Å²) in [5.41, 5.74) is 0.893. The summed E-state index contributed by atoms with van der Waals surface area (Å²) in [5, 5.41) is 5.64. The number of pyridine rings is 1. The highest BCUT2D eigenvalue weighted by atomic mass is 35.5. The fourth-order valence-electron chi connectivity index (χ4n) is 2.43. The molecule has 0 atom stereocenters. The average Bonchev–Trinajstić information content (AvgIpc) is 2.68. The number of amides is 2. The third kappa shape index (κ3) is 4.63. The molecule has 2 N–H and O–H groups in total. The maximum Gasteiger partial charge on any atom is 0.274 e. The third-order valence-corrected chi connectivity index (χ3v) is 3.98. The Balaban J connectivity index is 1.78. The molecule has 2 aromatic carbocycles. The van der Waals surface area contributed by atoms with Gasteiger partial charge in [-0.1, -0.05) is 17.7 Å². The van der Waals surface area contributed by atoms with Crippen molar-refractivity contribution in [3.63, 3.8) is 0 Å². The van der Waals surface area contributed by atoms with Crippen LogP contribution in [-0.4, -0.2) is 23.9 Å². The number of anilines is 2.